The first-order valence-corrected chi connectivity index (χ1v) is 9.91. The Balaban J connectivity index is 1.77. The monoisotopic (exact) mass is 348 g/mol. The lowest BCUT2D eigenvalue weighted by molar-refractivity contribution is 0.242. The summed E-state index contributed by atoms with van der Waals surface area (Å²) >= 11 is 0. The molecule has 25 heavy (non-hydrogen) atoms. The van der Waals surface area contributed by atoms with E-state index in [-0.39, 0.29) is 0 Å². The average molecular weight is 349 g/mol. The van der Waals surface area contributed by atoms with E-state index >= 15 is 0 Å². The molecule has 0 radical (unpaired) electrons. The summed E-state index contributed by atoms with van der Waals surface area (Å²) < 4.78 is 2.08. The fourth-order valence-electron chi connectivity index (χ4n) is 3.48. The number of rotatable bonds is 9. The van der Waals surface area contributed by atoms with E-state index in [1.807, 2.05) is 6.92 Å². The molecule has 0 aliphatic carbocycles. The summed E-state index contributed by atoms with van der Waals surface area (Å²) in [7, 11) is 0. The number of aromatic nitrogens is 2. The molecule has 1 unspecified atom stereocenters. The largest absolute Gasteiger partial charge is 0.357 e. The Labute approximate surface area is 153 Å². The van der Waals surface area contributed by atoms with Crippen molar-refractivity contribution in [2.75, 3.05) is 32.7 Å². The lowest BCUT2D eigenvalue weighted by Crippen LogP contribution is -2.40. The predicted molar refractivity (Wildman–Crippen MR) is 105 cm³/mol. The Morgan fingerprint density at radius 2 is 2.00 bits per heavy atom. The number of hydrogen-bond acceptors (Lipinski definition) is 3. The lowest BCUT2D eigenvalue weighted by atomic mass is 10.2. The number of nitrogens with zero attached hydrogens (tertiary/aromatic N) is 4. The van der Waals surface area contributed by atoms with Gasteiger partial charge in [0.2, 0.25) is 0 Å². The minimum atomic E-state index is 0.577. The van der Waals surface area contributed by atoms with Gasteiger partial charge in [-0.2, -0.15) is 5.10 Å². The van der Waals surface area contributed by atoms with Gasteiger partial charge >= 0.3 is 0 Å². The Morgan fingerprint density at radius 1 is 1.24 bits per heavy atom. The molecule has 2 heterocycles. The second kappa shape index (κ2) is 10.4. The normalized spacial score (nSPS) is 17.0. The molecule has 1 fully saturated rings. The highest BCUT2D eigenvalue weighted by atomic mass is 15.3. The summed E-state index contributed by atoms with van der Waals surface area (Å²) in [5, 5.41) is 11.3. The Morgan fingerprint density at radius 3 is 2.60 bits per heavy atom. The summed E-state index contributed by atoms with van der Waals surface area (Å²) in [5.41, 5.74) is 2.32. The van der Waals surface area contributed by atoms with Crippen LogP contribution in [-0.4, -0.2) is 59.4 Å². The van der Waals surface area contributed by atoms with E-state index < -0.39 is 0 Å². The first kappa shape index (κ1) is 19.8. The molecule has 0 saturated carbocycles. The third kappa shape index (κ3) is 6.34. The van der Waals surface area contributed by atoms with E-state index in [0.717, 1.165) is 44.3 Å². The Hall–Kier alpha value is -1.56. The molecule has 0 spiro atoms. The van der Waals surface area contributed by atoms with Crippen LogP contribution in [0, 0.1) is 13.8 Å². The lowest BCUT2D eigenvalue weighted by Gasteiger charge is -2.25. The third-order valence-electron chi connectivity index (χ3n) is 4.88. The topological polar surface area (TPSA) is 57.5 Å². The van der Waals surface area contributed by atoms with E-state index in [1.165, 1.54) is 38.0 Å². The molecular weight excluding hydrogens is 312 g/mol. The van der Waals surface area contributed by atoms with Crippen LogP contribution in [0.25, 0.3) is 0 Å². The molecule has 6 heteroatoms. The number of aryl methyl sites for hydroxylation is 3. The average Bonchev–Trinajstić information content (AvgIpc) is 3.22. The van der Waals surface area contributed by atoms with E-state index in [4.69, 9.17) is 4.99 Å². The summed E-state index contributed by atoms with van der Waals surface area (Å²) in [6.45, 7) is 14.6. The molecule has 2 N–H and O–H groups in total. The molecule has 1 atom stereocenters. The zero-order valence-electron chi connectivity index (χ0n) is 16.5. The SMILES string of the molecule is CCNC(=NCC(CC)N1CCCC1)NCCCn1nc(C)cc1C. The predicted octanol–water partition coefficient (Wildman–Crippen LogP) is 2.32. The van der Waals surface area contributed by atoms with Crippen LogP contribution in [0.5, 0.6) is 0 Å². The summed E-state index contributed by atoms with van der Waals surface area (Å²) in [6.07, 6.45) is 4.88. The van der Waals surface area contributed by atoms with Gasteiger partial charge in [0.05, 0.1) is 12.2 Å². The van der Waals surface area contributed by atoms with Crippen LogP contribution in [0.2, 0.25) is 0 Å². The van der Waals surface area contributed by atoms with Crippen LogP contribution in [0.4, 0.5) is 0 Å². The van der Waals surface area contributed by atoms with Gasteiger partial charge < -0.3 is 10.6 Å². The van der Waals surface area contributed by atoms with E-state index in [9.17, 15) is 0 Å². The maximum Gasteiger partial charge on any atom is 0.191 e. The molecule has 2 rings (SSSR count). The molecule has 1 aromatic rings. The van der Waals surface area contributed by atoms with Gasteiger partial charge in [-0.15, -0.1) is 0 Å². The van der Waals surface area contributed by atoms with Crippen molar-refractivity contribution in [2.45, 2.75) is 66.0 Å². The number of likely N-dealkylation sites (tertiary alicyclic amines) is 1. The van der Waals surface area contributed by atoms with Gasteiger partial charge in [0.15, 0.2) is 5.96 Å². The molecule has 1 saturated heterocycles. The number of aliphatic imine (C=N–C) groups is 1. The quantitative estimate of drug-likeness (QED) is 0.408. The Kier molecular flexibility index (Phi) is 8.25. The van der Waals surface area contributed by atoms with E-state index in [0.29, 0.717) is 6.04 Å². The van der Waals surface area contributed by atoms with E-state index in [1.54, 1.807) is 0 Å². The fourth-order valence-corrected chi connectivity index (χ4v) is 3.48. The number of guanidine groups is 1. The summed E-state index contributed by atoms with van der Waals surface area (Å²) in [4.78, 5) is 7.42. The van der Waals surface area contributed by atoms with Gasteiger partial charge in [-0.05, 0) is 65.6 Å². The third-order valence-corrected chi connectivity index (χ3v) is 4.88. The molecule has 1 aromatic heterocycles. The highest BCUT2D eigenvalue weighted by molar-refractivity contribution is 5.79. The maximum atomic E-state index is 4.83. The highest BCUT2D eigenvalue weighted by Crippen LogP contribution is 2.14. The van der Waals surface area contributed by atoms with Crippen molar-refractivity contribution in [3.8, 4) is 0 Å². The Bertz CT molecular complexity index is 530. The molecule has 142 valence electrons. The van der Waals surface area contributed by atoms with Crippen LogP contribution in [0.1, 0.15) is 50.9 Å². The number of nitrogens with one attached hydrogen (secondary N) is 2. The standard InChI is InChI=1S/C19H36N6/c1-5-18(24-11-7-8-12-24)15-22-19(20-6-2)21-10-9-13-25-17(4)14-16(3)23-25/h14,18H,5-13,15H2,1-4H3,(H2,20,21,22). The van der Waals surface area contributed by atoms with Gasteiger partial charge in [0.25, 0.3) is 0 Å². The van der Waals surface area contributed by atoms with Crippen LogP contribution in [0.3, 0.4) is 0 Å². The van der Waals surface area contributed by atoms with Crippen molar-refractivity contribution in [2.24, 2.45) is 4.99 Å². The van der Waals surface area contributed by atoms with Crippen LogP contribution < -0.4 is 10.6 Å². The zero-order chi connectivity index (χ0) is 18.1. The molecule has 1 aliphatic rings. The molecule has 0 amide bonds. The first-order valence-electron chi connectivity index (χ1n) is 9.91. The van der Waals surface area contributed by atoms with Gasteiger partial charge in [0.1, 0.15) is 0 Å². The molecular formula is C19H36N6. The molecule has 0 aromatic carbocycles. The van der Waals surface area contributed by atoms with Gasteiger partial charge in [-0.25, -0.2) is 0 Å². The maximum absolute atomic E-state index is 4.83. The summed E-state index contributed by atoms with van der Waals surface area (Å²) in [6, 6.07) is 2.70. The minimum absolute atomic E-state index is 0.577. The molecule has 0 bridgehead atoms. The summed E-state index contributed by atoms with van der Waals surface area (Å²) in [5.74, 6) is 0.938. The molecule has 6 nitrogen and oxygen atoms in total. The minimum Gasteiger partial charge on any atom is -0.357 e. The van der Waals surface area contributed by atoms with Crippen molar-refractivity contribution in [1.29, 1.82) is 0 Å². The smallest absolute Gasteiger partial charge is 0.191 e. The van der Waals surface area contributed by atoms with Crippen molar-refractivity contribution < 1.29 is 0 Å². The van der Waals surface area contributed by atoms with Crippen molar-refractivity contribution >= 4 is 5.96 Å². The second-order valence-corrected chi connectivity index (χ2v) is 6.96. The van der Waals surface area contributed by atoms with E-state index in [2.05, 4.69) is 52.2 Å². The van der Waals surface area contributed by atoms with Crippen LogP contribution >= 0.6 is 0 Å². The highest BCUT2D eigenvalue weighted by Gasteiger charge is 2.20. The molecule has 1 aliphatic heterocycles. The zero-order valence-corrected chi connectivity index (χ0v) is 16.5. The van der Waals surface area contributed by atoms with Crippen LogP contribution in [-0.2, 0) is 6.54 Å². The fraction of sp³-hybridized carbons (Fsp3) is 0.789. The number of hydrogen-bond donors (Lipinski definition) is 2. The van der Waals surface area contributed by atoms with Crippen LogP contribution in [0.15, 0.2) is 11.1 Å². The van der Waals surface area contributed by atoms with Gasteiger partial charge in [0, 0.05) is 31.4 Å². The van der Waals surface area contributed by atoms with Crippen molar-refractivity contribution in [1.82, 2.24) is 25.3 Å². The van der Waals surface area contributed by atoms with Gasteiger partial charge in [-0.3, -0.25) is 14.6 Å². The first-order chi connectivity index (χ1) is 12.1. The van der Waals surface area contributed by atoms with Crippen molar-refractivity contribution in [3.05, 3.63) is 17.5 Å². The van der Waals surface area contributed by atoms with Gasteiger partial charge in [-0.1, -0.05) is 6.92 Å². The second-order valence-electron chi connectivity index (χ2n) is 6.96. The van der Waals surface area contributed by atoms with Crippen molar-refractivity contribution in [3.63, 3.8) is 0 Å².